The molecule has 7 nitrogen and oxygen atoms in total. The van der Waals surface area contributed by atoms with Crippen molar-refractivity contribution in [2.45, 2.75) is 89.7 Å². The lowest BCUT2D eigenvalue weighted by atomic mass is 9.94. The quantitative estimate of drug-likeness (QED) is 0.173. The Hall–Kier alpha value is -4.43. The number of amides is 2. The first-order valence-corrected chi connectivity index (χ1v) is 18.3. The van der Waals surface area contributed by atoms with Gasteiger partial charge in [0.2, 0.25) is 11.8 Å². The van der Waals surface area contributed by atoms with E-state index in [2.05, 4.69) is 5.32 Å². The minimum Gasteiger partial charge on any atom is -0.352 e. The molecule has 1 aliphatic carbocycles. The van der Waals surface area contributed by atoms with Gasteiger partial charge in [0.1, 0.15) is 12.6 Å². The number of hydrogen-bond donors (Lipinski definition) is 1. The fraction of sp³-hybridized carbons (Fsp3) is 0.350. The second-order valence-electron chi connectivity index (χ2n) is 13.0. The fourth-order valence-electron chi connectivity index (χ4n) is 6.43. The van der Waals surface area contributed by atoms with Crippen LogP contribution in [0, 0.1) is 27.7 Å². The Morgan fingerprint density at radius 3 is 2.10 bits per heavy atom. The van der Waals surface area contributed by atoms with Gasteiger partial charge in [-0.3, -0.25) is 13.9 Å². The third-order valence-electron chi connectivity index (χ3n) is 9.56. The zero-order valence-electron chi connectivity index (χ0n) is 28.5. The van der Waals surface area contributed by atoms with Crippen LogP contribution in [0.4, 0.5) is 5.69 Å². The smallest absolute Gasteiger partial charge is 0.264 e. The van der Waals surface area contributed by atoms with E-state index in [1.165, 1.54) is 4.31 Å². The Balaban J connectivity index is 1.59. The lowest BCUT2D eigenvalue weighted by Crippen LogP contribution is -2.55. The second-order valence-corrected chi connectivity index (χ2v) is 14.9. The minimum atomic E-state index is -4.16. The summed E-state index contributed by atoms with van der Waals surface area (Å²) in [6.45, 7) is 7.37. The van der Waals surface area contributed by atoms with E-state index in [1.54, 1.807) is 41.3 Å². The lowest BCUT2D eigenvalue weighted by Gasteiger charge is -2.35. The number of anilines is 1. The van der Waals surface area contributed by atoms with E-state index >= 15 is 0 Å². The van der Waals surface area contributed by atoms with Gasteiger partial charge in [-0.1, -0.05) is 104 Å². The number of nitrogens with zero attached hydrogens (tertiary/aromatic N) is 2. The van der Waals surface area contributed by atoms with Crippen molar-refractivity contribution in [3.05, 3.63) is 130 Å². The molecule has 0 radical (unpaired) electrons. The molecule has 0 bridgehead atoms. The standard InChI is InChI=1S/C40H47N3O4S/c1-29-22-24-36(25-23-29)48(46,47)43(37-21-13-15-30(2)32(37)4)28-39(44)42(27-34-18-12-11-14-31(34)3)38(26-33-16-7-5-8-17-33)40(45)41-35-19-9-6-10-20-35/h5,7-8,11-18,21-25,35,38H,6,9-10,19-20,26-28H2,1-4H3,(H,41,45)/t38-/m0/s1. The van der Waals surface area contributed by atoms with Gasteiger partial charge in [-0.2, -0.15) is 0 Å². The van der Waals surface area contributed by atoms with Crippen LogP contribution in [0.25, 0.3) is 0 Å². The molecule has 0 heterocycles. The average Bonchev–Trinajstić information content (AvgIpc) is 3.08. The summed E-state index contributed by atoms with van der Waals surface area (Å²) in [5, 5.41) is 3.27. The van der Waals surface area contributed by atoms with Crippen molar-refractivity contribution in [1.82, 2.24) is 10.2 Å². The maximum absolute atomic E-state index is 14.8. The summed E-state index contributed by atoms with van der Waals surface area (Å²) in [6, 6.07) is 28.8. The number of rotatable bonds is 12. The molecule has 1 saturated carbocycles. The summed E-state index contributed by atoms with van der Waals surface area (Å²) in [5.74, 6) is -0.665. The highest BCUT2D eigenvalue weighted by Crippen LogP contribution is 2.30. The number of hydrogen-bond acceptors (Lipinski definition) is 4. The van der Waals surface area contributed by atoms with Crippen LogP contribution >= 0.6 is 0 Å². The van der Waals surface area contributed by atoms with Gasteiger partial charge in [0.15, 0.2) is 0 Å². The maximum Gasteiger partial charge on any atom is 0.264 e. The zero-order valence-corrected chi connectivity index (χ0v) is 29.3. The predicted molar refractivity (Wildman–Crippen MR) is 192 cm³/mol. The third kappa shape index (κ3) is 8.34. The minimum absolute atomic E-state index is 0.0493. The van der Waals surface area contributed by atoms with Gasteiger partial charge in [0, 0.05) is 19.0 Å². The topological polar surface area (TPSA) is 86.8 Å². The Kier molecular flexibility index (Phi) is 11.4. The lowest BCUT2D eigenvalue weighted by molar-refractivity contribution is -0.140. The van der Waals surface area contributed by atoms with Crippen LogP contribution in [-0.2, 0) is 32.6 Å². The van der Waals surface area contributed by atoms with E-state index in [0.717, 1.165) is 65.5 Å². The van der Waals surface area contributed by atoms with E-state index in [-0.39, 0.29) is 23.4 Å². The third-order valence-corrected chi connectivity index (χ3v) is 11.3. The molecular formula is C40H47N3O4S. The SMILES string of the molecule is Cc1ccc(S(=O)(=O)N(CC(=O)N(Cc2ccccc2C)[C@@H](Cc2ccccc2)C(=O)NC2CCCCC2)c2cccc(C)c2C)cc1. The molecule has 0 saturated heterocycles. The van der Waals surface area contributed by atoms with Crippen LogP contribution in [0.1, 0.15) is 65.5 Å². The Morgan fingerprint density at radius 2 is 1.42 bits per heavy atom. The molecular weight excluding hydrogens is 619 g/mol. The molecule has 5 rings (SSSR count). The van der Waals surface area contributed by atoms with Crippen molar-refractivity contribution < 1.29 is 18.0 Å². The number of carbonyl (C=O) groups is 2. The van der Waals surface area contributed by atoms with Gasteiger partial charge in [-0.15, -0.1) is 0 Å². The van der Waals surface area contributed by atoms with E-state index in [1.807, 2.05) is 88.4 Å². The molecule has 1 aliphatic rings. The Bertz CT molecular complexity index is 1820. The summed E-state index contributed by atoms with van der Waals surface area (Å²) in [6.07, 6.45) is 5.38. The predicted octanol–water partition coefficient (Wildman–Crippen LogP) is 7.20. The van der Waals surface area contributed by atoms with Crippen molar-refractivity contribution >= 4 is 27.5 Å². The van der Waals surface area contributed by atoms with Crippen molar-refractivity contribution in [2.24, 2.45) is 0 Å². The highest BCUT2D eigenvalue weighted by Gasteiger charge is 2.36. The molecule has 0 unspecified atom stereocenters. The van der Waals surface area contributed by atoms with Gasteiger partial charge in [-0.05, 0) is 86.6 Å². The molecule has 48 heavy (non-hydrogen) atoms. The van der Waals surface area contributed by atoms with Crippen LogP contribution in [0.5, 0.6) is 0 Å². The molecule has 8 heteroatoms. The molecule has 252 valence electrons. The monoisotopic (exact) mass is 665 g/mol. The van der Waals surface area contributed by atoms with Crippen molar-refractivity contribution in [3.8, 4) is 0 Å². The molecule has 1 atom stereocenters. The van der Waals surface area contributed by atoms with E-state index in [9.17, 15) is 18.0 Å². The molecule has 0 spiro atoms. The van der Waals surface area contributed by atoms with Gasteiger partial charge >= 0.3 is 0 Å². The second kappa shape index (κ2) is 15.6. The first-order valence-electron chi connectivity index (χ1n) is 16.9. The van der Waals surface area contributed by atoms with Crippen molar-refractivity contribution in [3.63, 3.8) is 0 Å². The number of carbonyl (C=O) groups excluding carboxylic acids is 2. The Morgan fingerprint density at radius 1 is 0.771 bits per heavy atom. The molecule has 0 aliphatic heterocycles. The summed E-state index contributed by atoms with van der Waals surface area (Å²) >= 11 is 0. The van der Waals surface area contributed by atoms with Crippen LogP contribution in [0.15, 0.2) is 102 Å². The van der Waals surface area contributed by atoms with E-state index in [0.29, 0.717) is 12.1 Å². The molecule has 4 aromatic rings. The summed E-state index contributed by atoms with van der Waals surface area (Å²) in [4.78, 5) is 30.8. The number of sulfonamides is 1. The largest absolute Gasteiger partial charge is 0.352 e. The van der Waals surface area contributed by atoms with E-state index < -0.39 is 28.5 Å². The number of aryl methyl sites for hydroxylation is 3. The molecule has 1 fully saturated rings. The van der Waals surface area contributed by atoms with Gasteiger partial charge in [0.25, 0.3) is 10.0 Å². The molecule has 1 N–H and O–H groups in total. The first-order chi connectivity index (χ1) is 23.0. The number of nitrogens with one attached hydrogen (secondary N) is 1. The van der Waals surface area contributed by atoms with Crippen LogP contribution in [-0.4, -0.2) is 43.8 Å². The zero-order chi connectivity index (χ0) is 34.3. The highest BCUT2D eigenvalue weighted by atomic mass is 32.2. The summed E-state index contributed by atoms with van der Waals surface area (Å²) in [5.41, 5.74) is 5.85. The average molecular weight is 666 g/mol. The van der Waals surface area contributed by atoms with Gasteiger partial charge in [-0.25, -0.2) is 8.42 Å². The molecule has 4 aromatic carbocycles. The van der Waals surface area contributed by atoms with Crippen molar-refractivity contribution in [1.29, 1.82) is 0 Å². The highest BCUT2D eigenvalue weighted by molar-refractivity contribution is 7.92. The Labute approximate surface area is 286 Å². The van der Waals surface area contributed by atoms with E-state index in [4.69, 9.17) is 0 Å². The van der Waals surface area contributed by atoms with Gasteiger partial charge < -0.3 is 10.2 Å². The van der Waals surface area contributed by atoms with Crippen LogP contribution < -0.4 is 9.62 Å². The van der Waals surface area contributed by atoms with Crippen LogP contribution in [0.2, 0.25) is 0 Å². The fourth-order valence-corrected chi connectivity index (χ4v) is 7.90. The first kappa shape index (κ1) is 34.9. The summed E-state index contributed by atoms with van der Waals surface area (Å²) < 4.78 is 30.0. The molecule has 0 aromatic heterocycles. The number of benzene rings is 4. The summed E-state index contributed by atoms with van der Waals surface area (Å²) in [7, 11) is -4.16. The molecule has 2 amide bonds. The van der Waals surface area contributed by atoms with Crippen LogP contribution in [0.3, 0.4) is 0 Å². The normalized spacial score (nSPS) is 14.2. The van der Waals surface area contributed by atoms with Crippen molar-refractivity contribution in [2.75, 3.05) is 10.8 Å². The van der Waals surface area contributed by atoms with Gasteiger partial charge in [0.05, 0.1) is 10.6 Å². The maximum atomic E-state index is 14.8.